The Hall–Kier alpha value is -5.81. The first-order chi connectivity index (χ1) is 34.1. The number of nitrogens with two attached hydrogens (primary N) is 2. The molecule has 74 heavy (non-hydrogen) atoms. The predicted molar refractivity (Wildman–Crippen MR) is 274 cm³/mol. The summed E-state index contributed by atoms with van der Waals surface area (Å²) in [4.78, 5) is 149. The summed E-state index contributed by atoms with van der Waals surface area (Å²) in [6, 6.07) is -8.51. The summed E-state index contributed by atoms with van der Waals surface area (Å²) in [6.07, 6.45) is 0.458. The number of primary amides is 1. The number of carbonyl (C=O) groups excluding carboxylic acids is 10. The Balaban J connectivity index is 3.82. The Bertz CT molecular complexity index is 2040. The van der Waals surface area contributed by atoms with E-state index in [0.29, 0.717) is 19.3 Å². The van der Waals surface area contributed by atoms with Crippen LogP contribution in [-0.2, 0) is 52.7 Å². The van der Waals surface area contributed by atoms with E-state index in [1.54, 1.807) is 39.8 Å². The number of rotatable bonds is 21. The Kier molecular flexibility index (Phi) is 26.8. The van der Waals surface area contributed by atoms with Gasteiger partial charge in [-0.3, -0.25) is 52.7 Å². The van der Waals surface area contributed by atoms with Crippen LogP contribution in [0.3, 0.4) is 0 Å². The number of carbonyl (C=O) groups is 11. The number of aliphatic hydroxyl groups excluding tert-OH is 2. The first-order valence-corrected chi connectivity index (χ1v) is 25.6. The molecule has 0 saturated heterocycles. The lowest BCUT2D eigenvalue weighted by atomic mass is 9.86. The molecule has 14 N–H and O–H groups in total. The summed E-state index contributed by atoms with van der Waals surface area (Å²) in [5.74, 6) is -12.0. The molecular formula is C51H87N9O14. The molecule has 12 atom stereocenters. The highest BCUT2D eigenvalue weighted by Crippen LogP contribution is 2.24. The third-order valence-electron chi connectivity index (χ3n) is 13.1. The van der Waals surface area contributed by atoms with Crippen LogP contribution in [0, 0.1) is 23.2 Å². The number of hydrogen-bond donors (Lipinski definition) is 12. The number of carboxylic acids is 1. The summed E-state index contributed by atoms with van der Waals surface area (Å²) in [5.41, 5.74) is 7.13. The molecule has 0 radical (unpaired) electrons. The van der Waals surface area contributed by atoms with Gasteiger partial charge in [-0.1, -0.05) is 67.0 Å². The summed E-state index contributed by atoms with van der Waals surface area (Å²) < 4.78 is 0. The van der Waals surface area contributed by atoms with Crippen LogP contribution in [0.25, 0.3) is 0 Å². The lowest BCUT2D eigenvalue weighted by Gasteiger charge is -2.35. The van der Waals surface area contributed by atoms with E-state index in [4.69, 9.17) is 11.5 Å². The van der Waals surface area contributed by atoms with Crippen LogP contribution < -0.4 is 48.7 Å². The molecule has 1 heterocycles. The summed E-state index contributed by atoms with van der Waals surface area (Å²) in [6.45, 7) is 18.8. The van der Waals surface area contributed by atoms with E-state index >= 15 is 0 Å². The molecule has 23 nitrogen and oxygen atoms in total. The van der Waals surface area contributed by atoms with Gasteiger partial charge in [0.1, 0.15) is 41.3 Å². The fraction of sp³-hybridized carbons (Fsp3) is 0.745. The molecule has 0 aromatic rings. The van der Waals surface area contributed by atoms with E-state index in [1.165, 1.54) is 34.6 Å². The van der Waals surface area contributed by atoms with Gasteiger partial charge in [-0.25, -0.2) is 0 Å². The molecule has 1 aliphatic heterocycles. The molecule has 0 aliphatic carbocycles. The van der Waals surface area contributed by atoms with Crippen LogP contribution in [0.4, 0.5) is 0 Å². The van der Waals surface area contributed by atoms with Gasteiger partial charge in [0.15, 0.2) is 11.6 Å². The average Bonchev–Trinajstić information content (AvgIpc) is 3.28. The zero-order valence-corrected chi connectivity index (χ0v) is 45.5. The zero-order chi connectivity index (χ0) is 57.1. The van der Waals surface area contributed by atoms with Gasteiger partial charge in [0, 0.05) is 25.2 Å². The number of aliphatic hydroxyl groups is 2. The highest BCUT2D eigenvalue weighted by atomic mass is 16.4. The van der Waals surface area contributed by atoms with Gasteiger partial charge < -0.3 is 64.0 Å². The van der Waals surface area contributed by atoms with Crippen LogP contribution in [0.2, 0.25) is 0 Å². The van der Waals surface area contributed by atoms with Crippen molar-refractivity contribution in [2.75, 3.05) is 0 Å². The lowest BCUT2D eigenvalue weighted by Crippen LogP contribution is -2.65. The molecular weight excluding hydrogens is 963 g/mol. The molecule has 0 saturated carbocycles. The molecule has 420 valence electrons. The summed E-state index contributed by atoms with van der Waals surface area (Å²) >= 11 is 0. The van der Waals surface area contributed by atoms with E-state index in [2.05, 4.69) is 37.2 Å². The monoisotopic (exact) mass is 1050 g/mol. The maximum absolute atomic E-state index is 14.5. The number of carboxylic acid groups (broad SMARTS) is 1. The molecule has 1 aliphatic rings. The van der Waals surface area contributed by atoms with Crippen molar-refractivity contribution in [3.63, 3.8) is 0 Å². The molecule has 0 bridgehead atoms. The number of ketones is 2. The third-order valence-corrected chi connectivity index (χ3v) is 13.1. The minimum Gasteiger partial charge on any atom is -0.481 e. The number of hydrogen-bond acceptors (Lipinski definition) is 14. The zero-order valence-electron chi connectivity index (χ0n) is 45.5. The van der Waals surface area contributed by atoms with Crippen molar-refractivity contribution in [1.82, 2.24) is 37.2 Å². The van der Waals surface area contributed by atoms with Crippen molar-refractivity contribution in [3.05, 3.63) is 12.2 Å². The van der Waals surface area contributed by atoms with Gasteiger partial charge >= 0.3 is 5.97 Å². The van der Waals surface area contributed by atoms with E-state index < -0.39 is 160 Å². The second kappa shape index (κ2) is 29.9. The largest absolute Gasteiger partial charge is 0.481 e. The molecule has 23 heteroatoms. The standard InChI is InChI=1S/C51H87N9O14/c1-13-28(4)40-46(72)55-33(25-37(66)67)44(70)60-51(12,48(74)58-39(27(2)3)45(71)57-41(31(7)62)35(64)26-49(8,9)10)23-19-17-15-14-16-18-22-50(11,47(73)54-29(5)42(68)56-40)59-43(69)32(20-21-36(52)65)24-34(63)38(53)30(6)61/h14-15,27-33,38-41,61-62H,13,16-26,53H2,1-12H3,(H2,52,65)(H,54,73)(H,55,72)(H,56,68)(H,57,71)(H,58,74)(H,59,69)(H,60,70)(H,66,67)/b15-14+/t28-,29-,30+,31+,32+,33-,38+,39-,40-,41-,50-,51-/m0/s1. The highest BCUT2D eigenvalue weighted by Gasteiger charge is 2.43. The second-order valence-electron chi connectivity index (χ2n) is 21.9. The predicted octanol–water partition coefficient (Wildman–Crippen LogP) is 0.202. The van der Waals surface area contributed by atoms with Gasteiger partial charge in [-0.05, 0) is 96.8 Å². The molecule has 0 aromatic heterocycles. The Morgan fingerprint density at radius 2 is 1.38 bits per heavy atom. The van der Waals surface area contributed by atoms with Crippen molar-refractivity contribution in [2.24, 2.45) is 34.6 Å². The average molecular weight is 1050 g/mol. The lowest BCUT2D eigenvalue weighted by molar-refractivity contribution is -0.143. The Morgan fingerprint density at radius 1 is 0.797 bits per heavy atom. The fourth-order valence-corrected chi connectivity index (χ4v) is 8.10. The van der Waals surface area contributed by atoms with Crippen molar-refractivity contribution in [3.8, 4) is 0 Å². The van der Waals surface area contributed by atoms with Crippen LogP contribution in [0.5, 0.6) is 0 Å². The normalized spacial score (nSPS) is 25.3. The van der Waals surface area contributed by atoms with Gasteiger partial charge in [0.2, 0.25) is 47.3 Å². The maximum Gasteiger partial charge on any atom is 0.305 e. The maximum atomic E-state index is 14.5. The van der Waals surface area contributed by atoms with Gasteiger partial charge in [0.25, 0.3) is 0 Å². The first-order valence-electron chi connectivity index (χ1n) is 25.6. The van der Waals surface area contributed by atoms with Crippen LogP contribution >= 0.6 is 0 Å². The van der Waals surface area contributed by atoms with Crippen LogP contribution in [0.1, 0.15) is 160 Å². The minimum absolute atomic E-state index is 0.0205. The van der Waals surface area contributed by atoms with Crippen molar-refractivity contribution in [1.29, 1.82) is 0 Å². The number of nitrogens with one attached hydrogen (secondary N) is 7. The molecule has 0 spiro atoms. The van der Waals surface area contributed by atoms with E-state index in [9.17, 15) is 68.1 Å². The second-order valence-corrected chi connectivity index (χ2v) is 21.9. The van der Waals surface area contributed by atoms with E-state index in [1.807, 2.05) is 20.8 Å². The van der Waals surface area contributed by atoms with Crippen molar-refractivity contribution in [2.45, 2.75) is 220 Å². The number of allylic oxidation sites excluding steroid dienone is 2. The van der Waals surface area contributed by atoms with E-state index in [-0.39, 0.29) is 44.9 Å². The highest BCUT2D eigenvalue weighted by molar-refractivity contribution is 6.00. The van der Waals surface area contributed by atoms with Gasteiger partial charge in [0.05, 0.1) is 24.7 Å². The van der Waals surface area contributed by atoms with Crippen LogP contribution in [-0.4, -0.2) is 140 Å². The third kappa shape index (κ3) is 22.0. The fourth-order valence-electron chi connectivity index (χ4n) is 8.10. The quantitative estimate of drug-likeness (QED) is 0.0684. The van der Waals surface area contributed by atoms with Gasteiger partial charge in [-0.15, -0.1) is 0 Å². The Labute approximate surface area is 435 Å². The van der Waals surface area contributed by atoms with Crippen molar-refractivity contribution >= 4 is 64.8 Å². The number of aliphatic carboxylic acids is 1. The number of Topliss-reactive ketones (excluding diaryl/α,β-unsaturated/α-hetero) is 2. The van der Waals surface area contributed by atoms with Crippen molar-refractivity contribution < 1.29 is 68.1 Å². The summed E-state index contributed by atoms with van der Waals surface area (Å²) in [7, 11) is 0. The first kappa shape index (κ1) is 66.2. The molecule has 0 fully saturated rings. The Morgan fingerprint density at radius 3 is 1.88 bits per heavy atom. The smallest absolute Gasteiger partial charge is 0.305 e. The summed E-state index contributed by atoms with van der Waals surface area (Å²) in [5, 5.41) is 48.6. The minimum atomic E-state index is -1.86. The van der Waals surface area contributed by atoms with E-state index in [0.717, 1.165) is 0 Å². The SMILES string of the molecule is CC[C@H](C)[C@@H]1NC(=O)[C@H](C)NC(=O)[C@@](C)(NC(=O)[C@H](CCC(N)=O)CC(=O)[C@H](N)[C@@H](C)O)CCC/C=C/CCC[C@@](C)(C(=O)N[C@H](C(=O)N[C@H](C(=O)CC(C)(C)C)[C@@H](C)O)C(C)C)NC(=O)[C@H](CC(=O)O)NC1=O. The number of amides is 8. The molecule has 8 amide bonds. The topological polar surface area (TPSA) is 385 Å². The van der Waals surface area contributed by atoms with Crippen LogP contribution in [0.15, 0.2) is 12.2 Å². The molecule has 1 rings (SSSR count). The molecule has 0 aromatic carbocycles. The van der Waals surface area contributed by atoms with Gasteiger partial charge in [-0.2, -0.15) is 0 Å². The molecule has 0 unspecified atom stereocenters.